The van der Waals surface area contributed by atoms with Crippen LogP contribution in [-0.4, -0.2) is 29.3 Å². The van der Waals surface area contributed by atoms with Gasteiger partial charge in [-0.2, -0.15) is 14.0 Å². The molecule has 0 spiro atoms. The van der Waals surface area contributed by atoms with Crippen LogP contribution in [0.4, 0.5) is 19.1 Å². The van der Waals surface area contributed by atoms with Gasteiger partial charge in [0.1, 0.15) is 11.9 Å². The maximum absolute atomic E-state index is 15.4. The van der Waals surface area contributed by atoms with E-state index in [4.69, 9.17) is 5.26 Å². The maximum Gasteiger partial charge on any atom is 0.421 e. The van der Waals surface area contributed by atoms with E-state index >= 15 is 8.78 Å². The van der Waals surface area contributed by atoms with Crippen molar-refractivity contribution in [2.75, 3.05) is 11.9 Å². The average Bonchev–Trinajstić information content (AvgIpc) is 2.77. The predicted octanol–water partition coefficient (Wildman–Crippen LogP) is 3.49. The third-order valence-corrected chi connectivity index (χ3v) is 4.56. The third kappa shape index (κ3) is 4.94. The lowest BCUT2D eigenvalue weighted by Gasteiger charge is -2.38. The van der Waals surface area contributed by atoms with Crippen LogP contribution in [0.1, 0.15) is 31.4 Å². The Bertz CT molecular complexity index is 947. The highest BCUT2D eigenvalue weighted by Crippen LogP contribution is 2.42. The molecule has 2 rings (SSSR count). The fourth-order valence-electron chi connectivity index (χ4n) is 2.89. The van der Waals surface area contributed by atoms with Crippen LogP contribution < -0.4 is 10.6 Å². The van der Waals surface area contributed by atoms with Crippen LogP contribution in [0.2, 0.25) is 0 Å². The number of alkyl halides is 2. The van der Waals surface area contributed by atoms with Crippen LogP contribution in [0.5, 0.6) is 0 Å². The summed E-state index contributed by atoms with van der Waals surface area (Å²) in [4.78, 5) is 31.7. The molecule has 0 aliphatic carbocycles. The van der Waals surface area contributed by atoms with Crippen LogP contribution in [0.3, 0.4) is 0 Å². The van der Waals surface area contributed by atoms with Gasteiger partial charge >= 0.3 is 11.9 Å². The lowest BCUT2D eigenvalue weighted by molar-refractivity contribution is -0.220. The van der Waals surface area contributed by atoms with Gasteiger partial charge in [-0.1, -0.05) is 44.2 Å². The van der Waals surface area contributed by atoms with E-state index in [0.29, 0.717) is 6.42 Å². The molecule has 10 heteroatoms. The molecule has 0 radical (unpaired) electrons. The lowest BCUT2D eigenvalue weighted by Crippen LogP contribution is -2.64. The third-order valence-electron chi connectivity index (χ3n) is 4.56. The summed E-state index contributed by atoms with van der Waals surface area (Å²) in [7, 11) is 0. The highest BCUT2D eigenvalue weighted by molar-refractivity contribution is 5.98. The highest BCUT2D eigenvalue weighted by Gasteiger charge is 2.67. The Balaban J connectivity index is 2.66. The molecule has 7 nitrogen and oxygen atoms in total. The summed E-state index contributed by atoms with van der Waals surface area (Å²) in [5, 5.41) is 13.6. The lowest BCUT2D eigenvalue weighted by atomic mass is 9.82. The van der Waals surface area contributed by atoms with Crippen LogP contribution in [0.15, 0.2) is 48.7 Å². The van der Waals surface area contributed by atoms with Crippen molar-refractivity contribution in [1.29, 1.82) is 5.26 Å². The molecule has 0 bridgehead atoms. The van der Waals surface area contributed by atoms with E-state index in [9.17, 15) is 14.1 Å². The number of aromatic nitrogens is 1. The summed E-state index contributed by atoms with van der Waals surface area (Å²) in [5.74, 6) is -8.58. The van der Waals surface area contributed by atoms with Crippen molar-refractivity contribution in [3.05, 3.63) is 59.8 Å². The SMILES string of the molecule is CC(C)CCNC(=O)C(Nc1ccc(C#N)cn1)(c1ccccc1)C(F)(F)C(=O)OF. The number of hydrogen-bond donors (Lipinski definition) is 2. The number of nitrogens with one attached hydrogen (secondary N) is 2. The van der Waals surface area contributed by atoms with E-state index in [1.807, 2.05) is 19.9 Å². The van der Waals surface area contributed by atoms with E-state index in [1.54, 1.807) is 0 Å². The minimum absolute atomic E-state index is 0.0360. The van der Waals surface area contributed by atoms with Crippen molar-refractivity contribution in [3.63, 3.8) is 0 Å². The molecule has 1 amide bonds. The normalized spacial score (nSPS) is 13.1. The van der Waals surface area contributed by atoms with Crippen LogP contribution in [-0.2, 0) is 20.1 Å². The molecule has 0 aliphatic heterocycles. The molecular weight excluding hydrogens is 413 g/mol. The molecule has 0 fully saturated rings. The molecule has 0 saturated carbocycles. The number of carbonyl (C=O) groups is 2. The van der Waals surface area contributed by atoms with E-state index < -0.39 is 23.3 Å². The molecule has 164 valence electrons. The summed E-state index contributed by atoms with van der Waals surface area (Å²) in [6.07, 6.45) is 1.57. The molecule has 2 aromatic rings. The number of hydrogen-bond acceptors (Lipinski definition) is 6. The molecule has 31 heavy (non-hydrogen) atoms. The van der Waals surface area contributed by atoms with Gasteiger partial charge in [0.25, 0.3) is 5.91 Å². The molecule has 1 heterocycles. The Hall–Kier alpha value is -3.61. The molecule has 1 unspecified atom stereocenters. The largest absolute Gasteiger partial charge is 0.421 e. The molecule has 1 atom stereocenters. The topological polar surface area (TPSA) is 104 Å². The summed E-state index contributed by atoms with van der Waals surface area (Å²) in [5.41, 5.74) is -3.26. The minimum atomic E-state index is -4.68. The summed E-state index contributed by atoms with van der Waals surface area (Å²) >= 11 is 0. The first-order valence-electron chi connectivity index (χ1n) is 9.38. The molecule has 1 aromatic carbocycles. The Kier molecular flexibility index (Phi) is 7.58. The molecule has 2 N–H and O–H groups in total. The summed E-state index contributed by atoms with van der Waals surface area (Å²) in [6.45, 7) is 3.80. The van der Waals surface area contributed by atoms with Gasteiger partial charge in [0.05, 0.1) is 5.56 Å². The Morgan fingerprint density at radius 2 is 1.87 bits per heavy atom. The number of amides is 1. The number of halogens is 3. The number of anilines is 1. The van der Waals surface area contributed by atoms with Gasteiger partial charge in [-0.15, -0.1) is 0 Å². The second kappa shape index (κ2) is 9.93. The Morgan fingerprint density at radius 3 is 2.39 bits per heavy atom. The van der Waals surface area contributed by atoms with Crippen LogP contribution >= 0.6 is 0 Å². The smallest absolute Gasteiger partial charge is 0.354 e. The predicted molar refractivity (Wildman–Crippen MR) is 105 cm³/mol. The van der Waals surface area contributed by atoms with Crippen molar-refractivity contribution in [2.24, 2.45) is 5.92 Å². The number of benzene rings is 1. The maximum atomic E-state index is 15.4. The van der Waals surface area contributed by atoms with Gasteiger partial charge < -0.3 is 10.6 Å². The number of nitriles is 1. The zero-order chi connectivity index (χ0) is 23.1. The van der Waals surface area contributed by atoms with Gasteiger partial charge in [0.15, 0.2) is 0 Å². The zero-order valence-electron chi connectivity index (χ0n) is 16.9. The van der Waals surface area contributed by atoms with Gasteiger partial charge in [-0.05, 0) is 30.0 Å². The molecule has 0 aliphatic rings. The summed E-state index contributed by atoms with van der Waals surface area (Å²) in [6, 6.07) is 11.0. The first kappa shape index (κ1) is 23.7. The fourth-order valence-corrected chi connectivity index (χ4v) is 2.89. The second-order valence-corrected chi connectivity index (χ2v) is 7.16. The Labute approximate surface area is 177 Å². The minimum Gasteiger partial charge on any atom is -0.354 e. The number of rotatable bonds is 9. The first-order valence-corrected chi connectivity index (χ1v) is 9.38. The van der Waals surface area contributed by atoms with Gasteiger partial charge in [-0.3, -0.25) is 4.79 Å². The standard InChI is InChI=1S/C21H21F3N4O3/c1-14(2)10-11-26-18(29)20(16-6-4-3-5-7-16,21(22,23)19(30)31-24)28-17-9-8-15(12-25)13-27-17/h3-9,13-14H,10-11H2,1-2H3,(H,26,29)(H,27,28). The van der Waals surface area contributed by atoms with Crippen molar-refractivity contribution >= 4 is 17.7 Å². The fraction of sp³-hybridized carbons (Fsp3) is 0.333. The van der Waals surface area contributed by atoms with Crippen LogP contribution in [0.25, 0.3) is 0 Å². The number of nitrogens with zero attached hydrogens (tertiary/aromatic N) is 2. The highest BCUT2D eigenvalue weighted by atomic mass is 19.3. The van der Waals surface area contributed by atoms with E-state index in [2.05, 4.69) is 20.6 Å². The zero-order valence-corrected chi connectivity index (χ0v) is 16.9. The molecular formula is C21H21F3N4O3. The van der Waals surface area contributed by atoms with E-state index in [1.165, 1.54) is 42.5 Å². The van der Waals surface area contributed by atoms with Crippen molar-refractivity contribution in [1.82, 2.24) is 10.3 Å². The summed E-state index contributed by atoms with van der Waals surface area (Å²) < 4.78 is 43.4. The van der Waals surface area contributed by atoms with Gasteiger partial charge in [-0.25, -0.2) is 14.7 Å². The number of pyridine rings is 1. The van der Waals surface area contributed by atoms with E-state index in [-0.39, 0.29) is 29.4 Å². The first-order chi connectivity index (χ1) is 14.7. The van der Waals surface area contributed by atoms with Crippen molar-refractivity contribution in [3.8, 4) is 6.07 Å². The number of carbonyl (C=O) groups excluding carboxylic acids is 2. The van der Waals surface area contributed by atoms with Crippen molar-refractivity contribution < 1.29 is 27.8 Å². The monoisotopic (exact) mass is 434 g/mol. The molecule has 0 saturated heterocycles. The van der Waals surface area contributed by atoms with Gasteiger partial charge in [0.2, 0.25) is 5.54 Å². The average molecular weight is 434 g/mol. The quantitative estimate of drug-likeness (QED) is 0.626. The Morgan fingerprint density at radius 1 is 1.19 bits per heavy atom. The second-order valence-electron chi connectivity index (χ2n) is 7.16. The van der Waals surface area contributed by atoms with E-state index in [0.717, 1.165) is 6.20 Å². The molecule has 1 aromatic heterocycles. The van der Waals surface area contributed by atoms with Crippen LogP contribution in [0, 0.1) is 17.2 Å². The van der Waals surface area contributed by atoms with Crippen molar-refractivity contribution in [2.45, 2.75) is 31.7 Å². The van der Waals surface area contributed by atoms with Gasteiger partial charge in [0, 0.05) is 17.3 Å².